The number of nitrogens with one attached hydrogen (secondary N) is 1. The first-order valence-electron chi connectivity index (χ1n) is 6.18. The van der Waals surface area contributed by atoms with E-state index in [9.17, 15) is 9.90 Å². The van der Waals surface area contributed by atoms with Crippen LogP contribution in [0.1, 0.15) is 37.0 Å². The summed E-state index contributed by atoms with van der Waals surface area (Å²) in [7, 11) is 0. The maximum Gasteiger partial charge on any atom is 0.252 e. The maximum atomic E-state index is 12.0. The molecule has 19 heavy (non-hydrogen) atoms. The van der Waals surface area contributed by atoms with Crippen LogP contribution in [0.4, 0.5) is 0 Å². The Labute approximate surface area is 123 Å². The predicted molar refractivity (Wildman–Crippen MR) is 79.2 cm³/mol. The van der Waals surface area contributed by atoms with E-state index in [1.165, 1.54) is 18.2 Å². The van der Waals surface area contributed by atoms with Crippen molar-refractivity contribution in [1.29, 1.82) is 0 Å². The Morgan fingerprint density at radius 2 is 2.11 bits per heavy atom. The predicted octanol–water partition coefficient (Wildman–Crippen LogP) is 3.82. The van der Waals surface area contributed by atoms with Crippen LogP contribution < -0.4 is 5.32 Å². The highest BCUT2D eigenvalue weighted by molar-refractivity contribution is 6.33. The molecule has 1 rings (SSSR count). The molecule has 0 spiro atoms. The zero-order valence-corrected chi connectivity index (χ0v) is 12.7. The first-order valence-corrected chi connectivity index (χ1v) is 7.10. The van der Waals surface area contributed by atoms with Crippen molar-refractivity contribution in [2.75, 3.05) is 12.4 Å². The second-order valence-corrected chi connectivity index (χ2v) is 6.09. The lowest BCUT2D eigenvalue weighted by Gasteiger charge is -2.24. The van der Waals surface area contributed by atoms with Gasteiger partial charge in [0.25, 0.3) is 5.91 Å². The molecule has 2 N–H and O–H groups in total. The fourth-order valence-electron chi connectivity index (χ4n) is 1.74. The standard InChI is InChI=1S/C14H19Cl2NO2/c1-14(2,6-3-7-15)9-17-13(19)11-8-10(18)4-5-12(11)16/h4-5,8,18H,3,6-7,9H2,1-2H3,(H,17,19). The van der Waals surface area contributed by atoms with Crippen LogP contribution in [0.25, 0.3) is 0 Å². The van der Waals surface area contributed by atoms with E-state index < -0.39 is 0 Å². The molecule has 5 heteroatoms. The molecule has 106 valence electrons. The summed E-state index contributed by atoms with van der Waals surface area (Å²) in [5.74, 6) is 0.367. The summed E-state index contributed by atoms with van der Waals surface area (Å²) in [4.78, 5) is 12.0. The van der Waals surface area contributed by atoms with E-state index in [2.05, 4.69) is 19.2 Å². The Kier molecular flexibility index (Phi) is 5.95. The molecule has 0 aliphatic rings. The van der Waals surface area contributed by atoms with E-state index >= 15 is 0 Å². The first kappa shape index (κ1) is 16.1. The minimum atomic E-state index is -0.278. The number of hydrogen-bond donors (Lipinski definition) is 2. The molecule has 0 bridgehead atoms. The topological polar surface area (TPSA) is 49.3 Å². The molecule has 1 amide bonds. The van der Waals surface area contributed by atoms with Gasteiger partial charge >= 0.3 is 0 Å². The SMILES string of the molecule is CC(C)(CCCCl)CNC(=O)c1cc(O)ccc1Cl. The normalized spacial score (nSPS) is 11.4. The number of amides is 1. The Hall–Kier alpha value is -0.930. The van der Waals surface area contributed by atoms with Crippen molar-refractivity contribution in [3.8, 4) is 5.75 Å². The van der Waals surface area contributed by atoms with Gasteiger partial charge in [0, 0.05) is 12.4 Å². The van der Waals surface area contributed by atoms with Gasteiger partial charge in [-0.1, -0.05) is 25.4 Å². The quantitative estimate of drug-likeness (QED) is 0.785. The summed E-state index contributed by atoms with van der Waals surface area (Å²) in [5.41, 5.74) is 0.267. The van der Waals surface area contributed by atoms with Gasteiger partial charge in [-0.05, 0) is 36.5 Å². The maximum absolute atomic E-state index is 12.0. The third-order valence-electron chi connectivity index (χ3n) is 2.91. The Morgan fingerprint density at radius 3 is 2.74 bits per heavy atom. The van der Waals surface area contributed by atoms with Gasteiger partial charge < -0.3 is 10.4 Å². The average molecular weight is 304 g/mol. The zero-order valence-electron chi connectivity index (χ0n) is 11.2. The number of carbonyl (C=O) groups excluding carboxylic acids is 1. The van der Waals surface area contributed by atoms with Gasteiger partial charge in [-0.15, -0.1) is 11.6 Å². The molecule has 1 aromatic rings. The summed E-state index contributed by atoms with van der Waals surface area (Å²) >= 11 is 11.6. The van der Waals surface area contributed by atoms with Gasteiger partial charge in [0.2, 0.25) is 0 Å². The molecule has 0 heterocycles. The molecule has 0 radical (unpaired) electrons. The van der Waals surface area contributed by atoms with Gasteiger partial charge in [0.15, 0.2) is 0 Å². The highest BCUT2D eigenvalue weighted by Gasteiger charge is 2.19. The third kappa shape index (κ3) is 5.29. The van der Waals surface area contributed by atoms with Crippen molar-refractivity contribution in [3.63, 3.8) is 0 Å². The van der Waals surface area contributed by atoms with Gasteiger partial charge in [0.1, 0.15) is 5.75 Å². The van der Waals surface area contributed by atoms with Gasteiger partial charge in [-0.3, -0.25) is 4.79 Å². The number of benzene rings is 1. The molecule has 0 aliphatic carbocycles. The lowest BCUT2D eigenvalue weighted by Crippen LogP contribution is -2.34. The molecule has 0 saturated carbocycles. The lowest BCUT2D eigenvalue weighted by molar-refractivity contribution is 0.0934. The summed E-state index contributed by atoms with van der Waals surface area (Å²) < 4.78 is 0. The van der Waals surface area contributed by atoms with Gasteiger partial charge in [-0.25, -0.2) is 0 Å². The molecular formula is C14H19Cl2NO2. The second-order valence-electron chi connectivity index (χ2n) is 5.30. The van der Waals surface area contributed by atoms with Crippen LogP contribution in [-0.2, 0) is 0 Å². The minimum Gasteiger partial charge on any atom is -0.508 e. The third-order valence-corrected chi connectivity index (χ3v) is 3.51. The molecule has 0 aliphatic heterocycles. The van der Waals surface area contributed by atoms with Crippen LogP contribution in [-0.4, -0.2) is 23.4 Å². The van der Waals surface area contributed by atoms with E-state index in [-0.39, 0.29) is 22.6 Å². The smallest absolute Gasteiger partial charge is 0.252 e. The Morgan fingerprint density at radius 1 is 1.42 bits per heavy atom. The summed E-state index contributed by atoms with van der Waals surface area (Å²) in [6, 6.07) is 4.32. The molecule has 0 unspecified atom stereocenters. The number of phenolic OH excluding ortho intramolecular Hbond substituents is 1. The molecule has 0 saturated heterocycles. The molecule has 0 atom stereocenters. The van der Waals surface area contributed by atoms with E-state index in [0.717, 1.165) is 12.8 Å². The molecule has 1 aromatic carbocycles. The van der Waals surface area contributed by atoms with Crippen molar-refractivity contribution in [3.05, 3.63) is 28.8 Å². The molecule has 0 aromatic heterocycles. The van der Waals surface area contributed by atoms with E-state index in [0.29, 0.717) is 17.4 Å². The monoisotopic (exact) mass is 303 g/mol. The van der Waals surface area contributed by atoms with E-state index in [1.807, 2.05) is 0 Å². The highest BCUT2D eigenvalue weighted by Crippen LogP contribution is 2.23. The summed E-state index contributed by atoms with van der Waals surface area (Å²) in [5, 5.41) is 12.5. The van der Waals surface area contributed by atoms with Crippen LogP contribution in [0.5, 0.6) is 5.75 Å². The first-order chi connectivity index (χ1) is 8.85. The largest absolute Gasteiger partial charge is 0.508 e. The zero-order chi connectivity index (χ0) is 14.5. The minimum absolute atomic E-state index is 0.0200. The van der Waals surface area contributed by atoms with Crippen LogP contribution >= 0.6 is 23.2 Å². The van der Waals surface area contributed by atoms with Crippen molar-refractivity contribution in [1.82, 2.24) is 5.32 Å². The number of hydrogen-bond acceptors (Lipinski definition) is 2. The molecule has 0 fully saturated rings. The fourth-order valence-corrected chi connectivity index (χ4v) is 2.07. The fraction of sp³-hybridized carbons (Fsp3) is 0.500. The number of phenols is 1. The van der Waals surface area contributed by atoms with Crippen LogP contribution in [0.15, 0.2) is 18.2 Å². The van der Waals surface area contributed by atoms with Crippen molar-refractivity contribution in [2.24, 2.45) is 5.41 Å². The van der Waals surface area contributed by atoms with Crippen molar-refractivity contribution in [2.45, 2.75) is 26.7 Å². The number of halogens is 2. The second kappa shape index (κ2) is 7.01. The van der Waals surface area contributed by atoms with Crippen LogP contribution in [0.3, 0.4) is 0 Å². The Bertz CT molecular complexity index is 447. The average Bonchev–Trinajstić information content (AvgIpc) is 2.36. The Balaban J connectivity index is 2.62. The molecular weight excluding hydrogens is 285 g/mol. The summed E-state index contributed by atoms with van der Waals surface area (Å²) in [6.45, 7) is 4.68. The van der Waals surface area contributed by atoms with E-state index in [1.54, 1.807) is 0 Å². The van der Waals surface area contributed by atoms with Crippen molar-refractivity contribution < 1.29 is 9.90 Å². The number of rotatable bonds is 6. The van der Waals surface area contributed by atoms with Crippen LogP contribution in [0, 0.1) is 5.41 Å². The van der Waals surface area contributed by atoms with Gasteiger partial charge in [0.05, 0.1) is 10.6 Å². The lowest BCUT2D eigenvalue weighted by atomic mass is 9.88. The number of carbonyl (C=O) groups is 1. The molecule has 3 nitrogen and oxygen atoms in total. The van der Waals surface area contributed by atoms with Gasteiger partial charge in [-0.2, -0.15) is 0 Å². The van der Waals surface area contributed by atoms with E-state index in [4.69, 9.17) is 23.2 Å². The summed E-state index contributed by atoms with van der Waals surface area (Å²) in [6.07, 6.45) is 1.85. The number of aromatic hydroxyl groups is 1. The highest BCUT2D eigenvalue weighted by atomic mass is 35.5. The van der Waals surface area contributed by atoms with Crippen LogP contribution in [0.2, 0.25) is 5.02 Å². The van der Waals surface area contributed by atoms with Crippen molar-refractivity contribution >= 4 is 29.1 Å². The number of alkyl halides is 1.